The van der Waals surface area contributed by atoms with Gasteiger partial charge in [-0.3, -0.25) is 9.35 Å². The second-order valence-corrected chi connectivity index (χ2v) is 13.8. The number of halogens is 3. The number of fused-ring (bicyclic) bond motifs is 5. The maximum Gasteiger partial charge on any atom is 0.394 e. The number of hydrogen-bond acceptors (Lipinski definition) is 5. The molecule has 31 heavy (non-hydrogen) atoms. The molecule has 0 bridgehead atoms. The van der Waals surface area contributed by atoms with Crippen LogP contribution in [0, 0.1) is 46.8 Å². The van der Waals surface area contributed by atoms with Gasteiger partial charge in [0.05, 0.1) is 17.8 Å². The van der Waals surface area contributed by atoms with Crippen molar-refractivity contribution in [2.75, 3.05) is 5.75 Å². The maximum absolute atomic E-state index is 13.5. The summed E-state index contributed by atoms with van der Waals surface area (Å²) in [5.74, 6) is -1.46. The van der Waals surface area contributed by atoms with Gasteiger partial charge in [0.2, 0.25) is 0 Å². The van der Waals surface area contributed by atoms with Crippen molar-refractivity contribution >= 4 is 25.7 Å². The Bertz CT molecular complexity index is 816. The molecule has 2 N–H and O–H groups in total. The fourth-order valence-corrected chi connectivity index (χ4v) is 9.19. The Morgan fingerprint density at radius 1 is 1.06 bits per heavy atom. The minimum Gasteiger partial charge on any atom is -0.392 e. The third-order valence-corrected chi connectivity index (χ3v) is 11.2. The molecule has 10 heteroatoms. The molecule has 0 aromatic rings. The van der Waals surface area contributed by atoms with E-state index >= 15 is 0 Å². The highest BCUT2D eigenvalue weighted by molar-refractivity contribution is 8.70. The van der Waals surface area contributed by atoms with Crippen LogP contribution in [0.25, 0.3) is 0 Å². The summed E-state index contributed by atoms with van der Waals surface area (Å²) in [7, 11) is -4.01. The van der Waals surface area contributed by atoms with Crippen LogP contribution in [0.15, 0.2) is 0 Å². The first-order valence-electron chi connectivity index (χ1n) is 11.2. The number of aliphatic hydroxyl groups excluding tert-OH is 1. The average Bonchev–Trinajstić information content (AvgIpc) is 3.01. The van der Waals surface area contributed by atoms with Gasteiger partial charge in [-0.15, -0.1) is 0 Å². The zero-order valence-electron chi connectivity index (χ0n) is 17.6. The van der Waals surface area contributed by atoms with E-state index in [0.29, 0.717) is 6.42 Å². The first kappa shape index (κ1) is 23.8. The smallest absolute Gasteiger partial charge is 0.392 e. The zero-order valence-corrected chi connectivity index (χ0v) is 19.2. The molecule has 4 fully saturated rings. The van der Waals surface area contributed by atoms with Gasteiger partial charge >= 0.3 is 15.3 Å². The van der Waals surface area contributed by atoms with E-state index in [1.165, 1.54) is 0 Å². The number of alkyl halides is 3. The molecule has 4 rings (SSSR count). The van der Waals surface area contributed by atoms with Crippen LogP contribution in [-0.2, 0) is 13.9 Å². The van der Waals surface area contributed by atoms with Gasteiger partial charge in [0.25, 0.3) is 0 Å². The van der Waals surface area contributed by atoms with Crippen LogP contribution < -0.4 is 0 Å². The number of aliphatic hydroxyl groups is 1. The summed E-state index contributed by atoms with van der Waals surface area (Å²) in [5, 5.41) is 10.1. The Labute approximate surface area is 185 Å². The Hall–Kier alpha value is -0.320. The van der Waals surface area contributed by atoms with E-state index in [1.807, 2.05) is 0 Å². The molecule has 0 saturated heterocycles. The van der Waals surface area contributed by atoms with Crippen molar-refractivity contribution in [3.05, 3.63) is 0 Å². The number of carbonyl (C=O) groups is 1. The molecule has 0 aromatic heterocycles. The summed E-state index contributed by atoms with van der Waals surface area (Å²) < 4.78 is 71.5. The number of carbonyl (C=O) groups excluding carboxylic acids is 1. The van der Waals surface area contributed by atoms with Gasteiger partial charge in [-0.2, -0.15) is 21.6 Å². The van der Waals surface area contributed by atoms with Crippen LogP contribution in [0.2, 0.25) is 0 Å². The van der Waals surface area contributed by atoms with E-state index < -0.39 is 27.3 Å². The Morgan fingerprint density at radius 3 is 2.42 bits per heavy atom. The van der Waals surface area contributed by atoms with Gasteiger partial charge in [0.1, 0.15) is 5.78 Å². The lowest BCUT2D eigenvalue weighted by molar-refractivity contribution is -0.226. The summed E-state index contributed by atoms with van der Waals surface area (Å²) in [6.45, 7) is 2.09. The van der Waals surface area contributed by atoms with Crippen LogP contribution in [0.3, 0.4) is 0 Å². The van der Waals surface area contributed by atoms with Crippen molar-refractivity contribution < 1.29 is 36.0 Å². The van der Waals surface area contributed by atoms with E-state index in [1.54, 1.807) is 0 Å². The molecule has 4 aliphatic rings. The lowest BCUT2D eigenvalue weighted by atomic mass is 9.49. The van der Waals surface area contributed by atoms with E-state index in [9.17, 15) is 31.5 Å². The van der Waals surface area contributed by atoms with Gasteiger partial charge < -0.3 is 5.11 Å². The summed E-state index contributed by atoms with van der Waals surface area (Å²) in [4.78, 5) is 12.8. The third kappa shape index (κ3) is 4.43. The van der Waals surface area contributed by atoms with E-state index in [2.05, 4.69) is 6.92 Å². The van der Waals surface area contributed by atoms with Crippen molar-refractivity contribution in [2.24, 2.45) is 46.8 Å². The number of hydrogen-bond donors (Lipinski definition) is 2. The number of Topliss-reactive ketones (excluding diaryl/α,β-unsaturated/α-hetero) is 1. The van der Waals surface area contributed by atoms with Gasteiger partial charge in [0.15, 0.2) is 0 Å². The maximum atomic E-state index is 13.5. The van der Waals surface area contributed by atoms with E-state index in [0.717, 1.165) is 32.1 Å². The molecule has 0 aromatic carbocycles. The van der Waals surface area contributed by atoms with E-state index in [-0.39, 0.29) is 76.1 Å². The fraction of sp³-hybridized carbons (Fsp3) is 0.952. The molecule has 178 valence electrons. The highest BCUT2D eigenvalue weighted by Crippen LogP contribution is 2.65. The van der Waals surface area contributed by atoms with Crippen molar-refractivity contribution in [1.82, 2.24) is 0 Å². The summed E-state index contributed by atoms with van der Waals surface area (Å²) in [6.07, 6.45) is -0.630. The van der Waals surface area contributed by atoms with E-state index in [4.69, 9.17) is 4.55 Å². The third-order valence-electron chi connectivity index (χ3n) is 9.21. The largest absolute Gasteiger partial charge is 0.394 e. The molecule has 0 heterocycles. The number of ketones is 1. The Morgan fingerprint density at radius 2 is 1.77 bits per heavy atom. The molecule has 5 nitrogen and oxygen atoms in total. The van der Waals surface area contributed by atoms with Crippen LogP contribution in [0.5, 0.6) is 0 Å². The predicted octanol–water partition coefficient (Wildman–Crippen LogP) is 4.51. The minimum absolute atomic E-state index is 0.00724. The first-order valence-corrected chi connectivity index (χ1v) is 14.1. The van der Waals surface area contributed by atoms with Crippen LogP contribution in [0.4, 0.5) is 13.2 Å². The van der Waals surface area contributed by atoms with Crippen LogP contribution in [-0.4, -0.2) is 41.9 Å². The lowest BCUT2D eigenvalue weighted by Gasteiger charge is -2.56. The molecule has 9 atom stereocenters. The van der Waals surface area contributed by atoms with Crippen molar-refractivity contribution in [1.29, 1.82) is 0 Å². The second kappa shape index (κ2) is 8.17. The first-order chi connectivity index (χ1) is 14.3. The summed E-state index contributed by atoms with van der Waals surface area (Å²) in [6, 6.07) is 0. The van der Waals surface area contributed by atoms with Crippen molar-refractivity contribution in [3.8, 4) is 0 Å². The standard InChI is InChI=1S/C21H31F3O5S2/c1-20-7-6-12-13(15(20)4-5-16(20)19(26)10-30-31(27,28)29)3-2-11-8-18(25)17(9-14(11)12)21(22,23)24/h11-18,25H,2-10H2,1H3,(H,27,28,29)/t11-,12?,13?,14+,15?,16-,17+,18+,20+/m1/s1. The van der Waals surface area contributed by atoms with Gasteiger partial charge in [-0.05, 0) is 86.4 Å². The Balaban J connectivity index is 1.50. The quantitative estimate of drug-likeness (QED) is 0.451. The average molecular weight is 485 g/mol. The topological polar surface area (TPSA) is 91.7 Å². The Kier molecular flexibility index (Phi) is 6.28. The molecule has 3 unspecified atom stereocenters. The molecule has 0 aliphatic heterocycles. The second-order valence-electron chi connectivity index (χ2n) is 10.5. The van der Waals surface area contributed by atoms with Gasteiger partial charge in [0, 0.05) is 16.7 Å². The fourth-order valence-electron chi connectivity index (χ4n) is 7.93. The lowest BCUT2D eigenvalue weighted by Crippen LogP contribution is -2.52. The highest BCUT2D eigenvalue weighted by atomic mass is 33.1. The molecule has 0 radical (unpaired) electrons. The van der Waals surface area contributed by atoms with Crippen LogP contribution in [0.1, 0.15) is 58.3 Å². The van der Waals surface area contributed by atoms with Crippen molar-refractivity contribution in [3.63, 3.8) is 0 Å². The highest BCUT2D eigenvalue weighted by Gasteiger charge is 2.60. The van der Waals surface area contributed by atoms with Crippen molar-refractivity contribution in [2.45, 2.75) is 70.6 Å². The molecule has 4 saturated carbocycles. The molecule has 0 amide bonds. The molecular weight excluding hydrogens is 453 g/mol. The summed E-state index contributed by atoms with van der Waals surface area (Å²) in [5.41, 5.74) is -0.261. The minimum atomic E-state index is -4.38. The SMILES string of the molecule is C[C@]12CCC3C(CC[C@@H]4C[C@H](O)[C@@H](C(F)(F)F)C[C@H]34)C1CC[C@@H]2C(=O)CSS(=O)(=O)O. The molecular formula is C21H31F3O5S2. The molecule has 0 spiro atoms. The van der Waals surface area contributed by atoms with Gasteiger partial charge in [-0.1, -0.05) is 6.92 Å². The zero-order chi connectivity index (χ0) is 22.8. The number of rotatable bonds is 4. The van der Waals surface area contributed by atoms with Crippen LogP contribution >= 0.6 is 10.8 Å². The van der Waals surface area contributed by atoms with Gasteiger partial charge in [-0.25, -0.2) is 0 Å². The summed E-state index contributed by atoms with van der Waals surface area (Å²) >= 11 is 0. The predicted molar refractivity (Wildman–Crippen MR) is 111 cm³/mol. The monoisotopic (exact) mass is 484 g/mol. The molecule has 4 aliphatic carbocycles. The normalized spacial score (nSPS) is 45.5.